The summed E-state index contributed by atoms with van der Waals surface area (Å²) in [5, 5.41) is 8.55. The van der Waals surface area contributed by atoms with Crippen molar-refractivity contribution in [2.24, 2.45) is 0 Å². The van der Waals surface area contributed by atoms with E-state index in [1.54, 1.807) is 23.3 Å². The fourth-order valence-electron chi connectivity index (χ4n) is 6.39. The molecule has 6 heteroatoms. The Balaban J connectivity index is 0.000000296. The van der Waals surface area contributed by atoms with Crippen LogP contribution in [0.4, 0.5) is 0 Å². The van der Waals surface area contributed by atoms with Crippen LogP contribution in [0.3, 0.4) is 0 Å². The maximum absolute atomic E-state index is 2.40. The summed E-state index contributed by atoms with van der Waals surface area (Å²) < 4.78 is 0. The van der Waals surface area contributed by atoms with E-state index in [1.165, 1.54) is 88.5 Å². The molecule has 0 aliphatic carbocycles. The van der Waals surface area contributed by atoms with Crippen molar-refractivity contribution in [2.75, 3.05) is 0 Å². The number of hydrogen-bond acceptors (Lipinski definition) is 0. The van der Waals surface area contributed by atoms with Gasteiger partial charge in [0.2, 0.25) is 0 Å². The number of aryl methyl sites for hydroxylation is 4. The smallest absolute Gasteiger partial charge is 0.0775 e. The number of hydrogen-bond donors (Lipinski definition) is 0. The second-order valence-electron chi connectivity index (χ2n) is 15.8. The van der Waals surface area contributed by atoms with Gasteiger partial charge in [-0.15, -0.1) is 56.9 Å². The molecule has 0 saturated carbocycles. The van der Waals surface area contributed by atoms with Gasteiger partial charge in [0.1, 0.15) is 0 Å². The van der Waals surface area contributed by atoms with E-state index in [9.17, 15) is 0 Å². The molecule has 6 aromatic rings. The summed E-state index contributed by atoms with van der Waals surface area (Å²) in [6, 6.07) is 40.0. The van der Waals surface area contributed by atoms with E-state index in [2.05, 4.69) is 178 Å². The van der Waals surface area contributed by atoms with Crippen LogP contribution in [0.15, 0.2) is 97.1 Å². The third kappa shape index (κ3) is 12.1. The fourth-order valence-corrected chi connectivity index (χ4v) is 9.22. The zero-order chi connectivity index (χ0) is 36.1. The van der Waals surface area contributed by atoms with Crippen LogP contribution < -0.4 is 35.2 Å². The first-order chi connectivity index (χ1) is 23.0. The average Bonchev–Trinajstić information content (AvgIpc) is 3.65. The number of benzene rings is 4. The van der Waals surface area contributed by atoms with Crippen LogP contribution in [0.1, 0.15) is 43.0 Å². The van der Waals surface area contributed by atoms with Crippen molar-refractivity contribution in [3.8, 4) is 22.3 Å². The topological polar surface area (TPSA) is 0 Å². The predicted octanol–water partition coefficient (Wildman–Crippen LogP) is 6.60. The fraction of sp³-hybridized carbons (Fsp3) is 0.333. The summed E-state index contributed by atoms with van der Waals surface area (Å²) in [7, 11) is -2.44. The Morgan fingerprint density at radius 2 is 0.941 bits per heavy atom. The molecule has 0 bridgehead atoms. The van der Waals surface area contributed by atoms with E-state index in [0.29, 0.717) is 0 Å². The standard InChI is InChI=1S/C21H25Si.C20H23Si.C4H10Si.2ClH.Zr/c1-6-16-13-18-11-15(2)12-20(21(18)14-16)17-7-9-19(10-8-17)22(3,4)5;1-14-10-17-11-15(2)13-20(17)19(12-14)16-6-8-18(9-7-16)21(3,4)5;1-3-5-4-2;;;/h7-14H,6H2,1-5H3;6-13H,1-5H3;3-4H2,1-2H3;2*1H;/q2*-1;;;;+2/p-2. The van der Waals surface area contributed by atoms with Crippen molar-refractivity contribution in [2.45, 2.75) is 99.3 Å². The molecule has 0 spiro atoms. The SMILES string of the molecule is CC[Si](=[Zr+2])CC.CCc1cc2c(-c3ccc([Si](C)(C)C)cc3)cc(C)cc2[cH-]1.Cc1cc(-c2ccc([Si](C)(C)C)cc2)c2cc(C)[cH-]c2c1.[Cl-].[Cl-]. The third-order valence-corrected chi connectivity index (χ3v) is 20.6. The van der Waals surface area contributed by atoms with Crippen LogP contribution in [0, 0.1) is 20.8 Å². The van der Waals surface area contributed by atoms with Gasteiger partial charge in [0, 0.05) is 0 Å². The second-order valence-corrected chi connectivity index (χ2v) is 33.8. The van der Waals surface area contributed by atoms with Gasteiger partial charge >= 0.3 is 54.7 Å². The summed E-state index contributed by atoms with van der Waals surface area (Å²) in [4.78, 5) is 0. The van der Waals surface area contributed by atoms with E-state index in [1.807, 2.05) is 0 Å². The van der Waals surface area contributed by atoms with Gasteiger partial charge in [-0.1, -0.05) is 146 Å². The van der Waals surface area contributed by atoms with Gasteiger partial charge in [-0.05, 0) is 31.4 Å². The van der Waals surface area contributed by atoms with Crippen molar-refractivity contribution in [3.63, 3.8) is 0 Å². The van der Waals surface area contributed by atoms with E-state index in [4.69, 9.17) is 0 Å². The minimum absolute atomic E-state index is 0. The summed E-state index contributed by atoms with van der Waals surface area (Å²) in [5.74, 6) is 0. The Morgan fingerprint density at radius 3 is 1.29 bits per heavy atom. The molecule has 0 aliphatic heterocycles. The molecule has 0 amide bonds. The van der Waals surface area contributed by atoms with Crippen LogP contribution in [-0.4, -0.2) is 21.6 Å². The van der Waals surface area contributed by atoms with Crippen molar-refractivity contribution < 1.29 is 48.1 Å². The maximum atomic E-state index is 2.40. The van der Waals surface area contributed by atoms with E-state index >= 15 is 0 Å². The Bertz CT molecular complexity index is 2010. The van der Waals surface area contributed by atoms with Crippen molar-refractivity contribution in [3.05, 3.63) is 119 Å². The quantitative estimate of drug-likeness (QED) is 0.126. The Labute approximate surface area is 339 Å². The third-order valence-electron chi connectivity index (χ3n) is 9.52. The zero-order valence-electron chi connectivity index (χ0n) is 33.1. The van der Waals surface area contributed by atoms with Gasteiger partial charge < -0.3 is 24.8 Å². The van der Waals surface area contributed by atoms with Gasteiger partial charge in [0.15, 0.2) is 0 Å². The molecule has 0 fully saturated rings. The first-order valence-corrected chi connectivity index (χ1v) is 30.8. The summed E-state index contributed by atoms with van der Waals surface area (Å²) in [6.07, 6.45) is 1.10. The Kier molecular flexibility index (Phi) is 17.4. The minimum atomic E-state index is -1.22. The van der Waals surface area contributed by atoms with Crippen molar-refractivity contribution in [1.82, 2.24) is 0 Å². The largest absolute Gasteiger partial charge is 1.00 e. The molecule has 0 aliphatic rings. The first-order valence-electron chi connectivity index (χ1n) is 18.2. The van der Waals surface area contributed by atoms with E-state index in [0.717, 1.165) is 6.42 Å². The molecule has 0 aromatic heterocycles. The normalized spacial score (nSPS) is 11.2. The van der Waals surface area contributed by atoms with Crippen LogP contribution in [-0.2, 0) is 29.8 Å². The molecule has 0 saturated heterocycles. The van der Waals surface area contributed by atoms with Gasteiger partial charge in [-0.3, -0.25) is 0 Å². The van der Waals surface area contributed by atoms with Gasteiger partial charge in [-0.2, -0.15) is 12.1 Å². The molecule has 0 N–H and O–H groups in total. The van der Waals surface area contributed by atoms with Crippen LogP contribution in [0.2, 0.25) is 51.4 Å². The van der Waals surface area contributed by atoms with Crippen LogP contribution in [0.25, 0.3) is 43.8 Å². The molecule has 0 unspecified atom stereocenters. The Morgan fingerprint density at radius 1 is 0.549 bits per heavy atom. The van der Waals surface area contributed by atoms with E-state index in [-0.39, 0.29) is 30.2 Å². The van der Waals surface area contributed by atoms with Gasteiger partial charge in [-0.25, -0.2) is 0 Å². The zero-order valence-corrected chi connectivity index (χ0v) is 40.1. The van der Waals surface area contributed by atoms with Gasteiger partial charge in [0.05, 0.1) is 16.1 Å². The monoisotopic (exact) mass is 842 g/mol. The molecule has 0 heterocycles. The van der Waals surface area contributed by atoms with Crippen molar-refractivity contribution >= 4 is 53.5 Å². The second kappa shape index (κ2) is 19.5. The molecule has 6 rings (SSSR count). The minimum Gasteiger partial charge on any atom is -1.00 e. The number of fused-ring (bicyclic) bond motifs is 2. The maximum Gasteiger partial charge on any atom is 0.0775 e. The molecular weight excluding hydrogens is 787 g/mol. The van der Waals surface area contributed by atoms with E-state index < -0.39 is 16.1 Å². The summed E-state index contributed by atoms with van der Waals surface area (Å²) in [5.41, 5.74) is 11.1. The van der Waals surface area contributed by atoms with Gasteiger partial charge in [0.25, 0.3) is 0 Å². The first kappa shape index (κ1) is 45.4. The molecule has 51 heavy (non-hydrogen) atoms. The Hall–Kier alpha value is -1.79. The average molecular weight is 845 g/mol. The van der Waals surface area contributed by atoms with Crippen LogP contribution in [0.5, 0.6) is 0 Å². The summed E-state index contributed by atoms with van der Waals surface area (Å²) in [6.45, 7) is 27.8. The molecular formula is C45H58Cl2Si3Zr-2. The summed E-state index contributed by atoms with van der Waals surface area (Å²) >= 11 is 1.80. The van der Waals surface area contributed by atoms with Crippen LogP contribution >= 0.6 is 0 Å². The predicted molar refractivity (Wildman–Crippen MR) is 226 cm³/mol. The molecule has 6 aromatic carbocycles. The molecule has 0 radical (unpaired) electrons. The molecule has 270 valence electrons. The number of halogens is 2. The molecule has 0 atom stereocenters. The number of rotatable bonds is 7. The molecule has 0 nitrogen and oxygen atoms in total. The van der Waals surface area contributed by atoms with Crippen molar-refractivity contribution in [1.29, 1.82) is 0 Å².